The quantitative estimate of drug-likeness (QED) is 0.782. The van der Waals surface area contributed by atoms with E-state index in [4.69, 9.17) is 10.5 Å². The Bertz CT molecular complexity index is 914. The lowest BCUT2D eigenvalue weighted by Crippen LogP contribution is -2.51. The number of rotatable bonds is 6. The van der Waals surface area contributed by atoms with Crippen molar-refractivity contribution in [3.63, 3.8) is 0 Å². The number of nitrogens with zero attached hydrogens (tertiary/aromatic N) is 2. The van der Waals surface area contributed by atoms with Crippen LogP contribution >= 0.6 is 0 Å². The fourth-order valence-corrected chi connectivity index (χ4v) is 3.55. The zero-order chi connectivity index (χ0) is 21.7. The van der Waals surface area contributed by atoms with E-state index in [0.717, 1.165) is 12.1 Å². The molecule has 1 saturated heterocycles. The number of para-hydroxylation sites is 1. The van der Waals surface area contributed by atoms with Gasteiger partial charge in [0.05, 0.1) is 12.7 Å². The Morgan fingerprint density at radius 2 is 1.70 bits per heavy atom. The van der Waals surface area contributed by atoms with Crippen molar-refractivity contribution in [1.82, 2.24) is 9.80 Å². The summed E-state index contributed by atoms with van der Waals surface area (Å²) in [6.07, 6.45) is 0.370. The number of amides is 2. The standard InChI is InChI=1S/C22H25F2N3O3/c1-30-20-5-3-2-4-17(20)22(29)27-10-8-26(9-11-27)21(28)14-16(25)12-15-6-7-18(23)19(24)13-15/h2-7,13,16H,8-12,14,25H2,1H3. The molecule has 3 rings (SSSR count). The number of ether oxygens (including phenoxy) is 1. The molecule has 2 aromatic rings. The number of hydrogen-bond donors (Lipinski definition) is 1. The Kier molecular flexibility index (Phi) is 6.99. The minimum Gasteiger partial charge on any atom is -0.496 e. The Labute approximate surface area is 174 Å². The maximum Gasteiger partial charge on any atom is 0.257 e. The number of carbonyl (C=O) groups is 2. The lowest BCUT2D eigenvalue weighted by molar-refractivity contribution is -0.133. The van der Waals surface area contributed by atoms with Crippen molar-refractivity contribution >= 4 is 11.8 Å². The van der Waals surface area contributed by atoms with E-state index in [1.807, 2.05) is 0 Å². The van der Waals surface area contributed by atoms with Crippen LogP contribution in [0.1, 0.15) is 22.3 Å². The van der Waals surface area contributed by atoms with Crippen LogP contribution in [0.5, 0.6) is 5.75 Å². The molecular formula is C22H25F2N3O3. The Morgan fingerprint density at radius 1 is 1.03 bits per heavy atom. The third-order valence-electron chi connectivity index (χ3n) is 5.18. The van der Waals surface area contributed by atoms with Crippen LogP contribution in [-0.4, -0.2) is 60.9 Å². The molecule has 2 N–H and O–H groups in total. The van der Waals surface area contributed by atoms with Gasteiger partial charge in [-0.3, -0.25) is 9.59 Å². The Balaban J connectivity index is 1.51. The summed E-state index contributed by atoms with van der Waals surface area (Å²) in [6.45, 7) is 1.66. The number of nitrogens with two attached hydrogens (primary N) is 1. The van der Waals surface area contributed by atoms with Gasteiger partial charge in [-0.1, -0.05) is 18.2 Å². The molecule has 1 aliphatic rings. The normalized spacial score (nSPS) is 15.1. The van der Waals surface area contributed by atoms with Crippen LogP contribution in [0.25, 0.3) is 0 Å². The van der Waals surface area contributed by atoms with Crippen LogP contribution in [0.2, 0.25) is 0 Å². The fourth-order valence-electron chi connectivity index (χ4n) is 3.55. The first kappa shape index (κ1) is 21.7. The topological polar surface area (TPSA) is 75.9 Å². The molecule has 2 amide bonds. The number of halogens is 2. The van der Waals surface area contributed by atoms with Gasteiger partial charge in [0.2, 0.25) is 5.91 Å². The molecule has 1 unspecified atom stereocenters. The summed E-state index contributed by atoms with van der Waals surface area (Å²) < 4.78 is 31.6. The molecule has 0 bridgehead atoms. The smallest absolute Gasteiger partial charge is 0.257 e. The van der Waals surface area contributed by atoms with Crippen molar-refractivity contribution in [1.29, 1.82) is 0 Å². The monoisotopic (exact) mass is 417 g/mol. The largest absolute Gasteiger partial charge is 0.496 e. The van der Waals surface area contributed by atoms with E-state index in [-0.39, 0.29) is 24.7 Å². The number of benzene rings is 2. The average Bonchev–Trinajstić information content (AvgIpc) is 2.75. The van der Waals surface area contributed by atoms with E-state index in [0.29, 0.717) is 43.1 Å². The van der Waals surface area contributed by atoms with Crippen LogP contribution in [0.3, 0.4) is 0 Å². The van der Waals surface area contributed by atoms with Crippen molar-refractivity contribution in [2.75, 3.05) is 33.3 Å². The number of methoxy groups -OCH3 is 1. The third kappa shape index (κ3) is 5.13. The van der Waals surface area contributed by atoms with Gasteiger partial charge >= 0.3 is 0 Å². The number of carbonyl (C=O) groups excluding carboxylic acids is 2. The second kappa shape index (κ2) is 9.67. The van der Waals surface area contributed by atoms with E-state index in [1.54, 1.807) is 34.1 Å². The van der Waals surface area contributed by atoms with Crippen molar-refractivity contribution in [3.05, 3.63) is 65.2 Å². The van der Waals surface area contributed by atoms with Crippen LogP contribution in [0.15, 0.2) is 42.5 Å². The van der Waals surface area contributed by atoms with Crippen LogP contribution in [0, 0.1) is 11.6 Å². The van der Waals surface area contributed by atoms with Crippen LogP contribution in [0.4, 0.5) is 8.78 Å². The van der Waals surface area contributed by atoms with Gasteiger partial charge < -0.3 is 20.3 Å². The summed E-state index contributed by atoms with van der Waals surface area (Å²) in [5.41, 5.74) is 7.08. The summed E-state index contributed by atoms with van der Waals surface area (Å²) in [7, 11) is 1.52. The summed E-state index contributed by atoms with van der Waals surface area (Å²) in [5, 5.41) is 0. The first-order chi connectivity index (χ1) is 14.4. The van der Waals surface area contributed by atoms with Crippen molar-refractivity contribution in [2.45, 2.75) is 18.9 Å². The summed E-state index contributed by atoms with van der Waals surface area (Å²) >= 11 is 0. The van der Waals surface area contributed by atoms with E-state index < -0.39 is 17.7 Å². The van der Waals surface area contributed by atoms with Crippen LogP contribution < -0.4 is 10.5 Å². The van der Waals surface area contributed by atoms with Crippen molar-refractivity contribution in [2.24, 2.45) is 5.73 Å². The van der Waals surface area contributed by atoms with E-state index in [9.17, 15) is 18.4 Å². The summed E-state index contributed by atoms with van der Waals surface area (Å²) in [6, 6.07) is 10.1. The molecule has 1 atom stereocenters. The van der Waals surface area contributed by atoms with Gasteiger partial charge in [0.15, 0.2) is 11.6 Å². The second-order valence-electron chi connectivity index (χ2n) is 7.29. The van der Waals surface area contributed by atoms with Gasteiger partial charge in [0, 0.05) is 38.6 Å². The highest BCUT2D eigenvalue weighted by Crippen LogP contribution is 2.20. The van der Waals surface area contributed by atoms with E-state index in [2.05, 4.69) is 0 Å². The molecule has 0 aliphatic carbocycles. The molecule has 8 heteroatoms. The van der Waals surface area contributed by atoms with E-state index in [1.165, 1.54) is 13.2 Å². The third-order valence-corrected chi connectivity index (χ3v) is 5.18. The minimum absolute atomic E-state index is 0.0967. The van der Waals surface area contributed by atoms with Crippen molar-refractivity contribution < 1.29 is 23.1 Å². The highest BCUT2D eigenvalue weighted by Gasteiger charge is 2.27. The molecule has 1 heterocycles. The van der Waals surface area contributed by atoms with Gasteiger partial charge in [-0.05, 0) is 36.2 Å². The van der Waals surface area contributed by atoms with Crippen molar-refractivity contribution in [3.8, 4) is 5.75 Å². The molecule has 6 nitrogen and oxygen atoms in total. The molecule has 1 fully saturated rings. The molecule has 1 aliphatic heterocycles. The maximum absolute atomic E-state index is 13.3. The molecular weight excluding hydrogens is 392 g/mol. The van der Waals surface area contributed by atoms with E-state index >= 15 is 0 Å². The molecule has 0 aromatic heterocycles. The zero-order valence-electron chi connectivity index (χ0n) is 16.8. The number of hydrogen-bond acceptors (Lipinski definition) is 4. The van der Waals surface area contributed by atoms with Gasteiger partial charge in [-0.2, -0.15) is 0 Å². The molecule has 0 spiro atoms. The number of piperazine rings is 1. The summed E-state index contributed by atoms with van der Waals surface area (Å²) in [5.74, 6) is -1.57. The summed E-state index contributed by atoms with van der Waals surface area (Å²) in [4.78, 5) is 28.7. The highest BCUT2D eigenvalue weighted by atomic mass is 19.2. The second-order valence-corrected chi connectivity index (χ2v) is 7.29. The lowest BCUT2D eigenvalue weighted by atomic mass is 10.0. The molecule has 2 aromatic carbocycles. The van der Waals surface area contributed by atoms with Gasteiger partial charge in [-0.15, -0.1) is 0 Å². The Morgan fingerprint density at radius 3 is 2.37 bits per heavy atom. The van der Waals surface area contributed by atoms with Gasteiger partial charge in [0.25, 0.3) is 5.91 Å². The molecule has 0 radical (unpaired) electrons. The van der Waals surface area contributed by atoms with Gasteiger partial charge in [0.1, 0.15) is 5.75 Å². The highest BCUT2D eigenvalue weighted by molar-refractivity contribution is 5.97. The minimum atomic E-state index is -0.929. The fraction of sp³-hybridized carbons (Fsp3) is 0.364. The Hall–Kier alpha value is -3.00. The zero-order valence-corrected chi connectivity index (χ0v) is 16.8. The predicted octanol–water partition coefficient (Wildman–Crippen LogP) is 2.22. The first-order valence-corrected chi connectivity index (χ1v) is 9.78. The average molecular weight is 417 g/mol. The first-order valence-electron chi connectivity index (χ1n) is 9.78. The molecule has 160 valence electrons. The SMILES string of the molecule is COc1ccccc1C(=O)N1CCN(C(=O)CC(N)Cc2ccc(F)c(F)c2)CC1. The lowest BCUT2D eigenvalue weighted by Gasteiger charge is -2.35. The molecule has 0 saturated carbocycles. The maximum atomic E-state index is 13.3. The molecule has 30 heavy (non-hydrogen) atoms. The van der Waals surface area contributed by atoms with Gasteiger partial charge in [-0.25, -0.2) is 8.78 Å². The predicted molar refractivity (Wildman–Crippen MR) is 108 cm³/mol. The van der Waals surface area contributed by atoms with Crippen LogP contribution in [-0.2, 0) is 11.2 Å².